The average molecular weight is 597 g/mol. The maximum absolute atomic E-state index is 12.4. The standard InChI is InChI=1S/C19H24N4O4S.2CH4O3S/c1-23(2)13-12-14-8-10-15(11-9-14)27-17-7-5-4-6-16(17)18(24)21-19(20)22-28(3,25)26;2*1-5(2,3)4/h4-11H,12-13H2,1-3H3,(H3,20,21,22,24);2*1H3,(H,2,3,4). The topological polar surface area (TPSA) is 223 Å². The highest BCUT2D eigenvalue weighted by Crippen LogP contribution is 2.25. The number of nitrogens with one attached hydrogen (secondary N) is 1. The summed E-state index contributed by atoms with van der Waals surface area (Å²) in [6.07, 6.45) is 3.23. The highest BCUT2D eigenvalue weighted by molar-refractivity contribution is 7.89. The second-order valence-electron chi connectivity index (χ2n) is 7.93. The van der Waals surface area contributed by atoms with Gasteiger partial charge in [0, 0.05) is 6.54 Å². The molecule has 0 heterocycles. The number of likely N-dealkylation sites (N-methyl/N-ethyl adjacent to an activating group) is 1. The van der Waals surface area contributed by atoms with Crippen LogP contribution < -0.4 is 15.8 Å². The van der Waals surface area contributed by atoms with Crippen molar-refractivity contribution >= 4 is 42.1 Å². The molecule has 0 unspecified atom stereocenters. The molecule has 17 heteroatoms. The summed E-state index contributed by atoms with van der Waals surface area (Å²) in [6.45, 7) is 0.944. The molecule has 214 valence electrons. The zero-order valence-corrected chi connectivity index (χ0v) is 23.8. The first-order valence-electron chi connectivity index (χ1n) is 10.4. The first-order chi connectivity index (χ1) is 17.1. The lowest BCUT2D eigenvalue weighted by Crippen LogP contribution is -2.37. The van der Waals surface area contributed by atoms with Gasteiger partial charge in [-0.2, -0.15) is 16.8 Å². The number of rotatable bonds is 7. The van der Waals surface area contributed by atoms with Crippen LogP contribution in [0.15, 0.2) is 52.9 Å². The van der Waals surface area contributed by atoms with Gasteiger partial charge in [-0.3, -0.25) is 19.2 Å². The van der Waals surface area contributed by atoms with Crippen LogP contribution >= 0.6 is 0 Å². The number of carbonyl (C=O) groups is 1. The van der Waals surface area contributed by atoms with E-state index in [0.717, 1.165) is 19.2 Å². The van der Waals surface area contributed by atoms with Crippen LogP contribution in [-0.4, -0.2) is 90.5 Å². The SMILES string of the molecule is CN(C)CCc1ccc(Oc2ccccc2C(=O)NC(N)=NS(C)(=O)=O)cc1.CS(=O)(=O)O.CS(=O)(=O)O. The molecule has 0 radical (unpaired) electrons. The molecule has 38 heavy (non-hydrogen) atoms. The Morgan fingerprint density at radius 1 is 0.921 bits per heavy atom. The molecule has 0 saturated carbocycles. The van der Waals surface area contributed by atoms with Gasteiger partial charge in [-0.1, -0.05) is 24.3 Å². The molecule has 0 aliphatic carbocycles. The molecule has 1 amide bonds. The van der Waals surface area contributed by atoms with Crippen molar-refractivity contribution in [2.75, 3.05) is 39.4 Å². The Kier molecular flexibility index (Phi) is 14.1. The Morgan fingerprint density at radius 2 is 1.39 bits per heavy atom. The van der Waals surface area contributed by atoms with E-state index in [1.165, 1.54) is 5.56 Å². The number of hydrogen-bond donors (Lipinski definition) is 4. The van der Waals surface area contributed by atoms with Gasteiger partial charge in [-0.25, -0.2) is 8.42 Å². The van der Waals surface area contributed by atoms with E-state index < -0.39 is 42.1 Å². The number of guanidine groups is 1. The molecule has 0 saturated heterocycles. The van der Waals surface area contributed by atoms with E-state index in [1.807, 2.05) is 38.4 Å². The molecule has 5 N–H and O–H groups in total. The van der Waals surface area contributed by atoms with Gasteiger partial charge >= 0.3 is 0 Å². The fourth-order valence-electron chi connectivity index (χ4n) is 2.33. The van der Waals surface area contributed by atoms with E-state index in [2.05, 4.69) is 14.6 Å². The maximum Gasteiger partial charge on any atom is 0.261 e. The Balaban J connectivity index is 0.00000116. The van der Waals surface area contributed by atoms with Crippen LogP contribution in [-0.2, 0) is 36.7 Å². The van der Waals surface area contributed by atoms with Crippen molar-refractivity contribution < 1.29 is 43.9 Å². The third kappa shape index (κ3) is 21.0. The second-order valence-corrected chi connectivity index (χ2v) is 12.5. The van der Waals surface area contributed by atoms with E-state index in [4.69, 9.17) is 19.6 Å². The maximum atomic E-state index is 12.4. The number of amides is 1. The van der Waals surface area contributed by atoms with Crippen LogP contribution in [0.3, 0.4) is 0 Å². The number of ether oxygens (including phenoxy) is 1. The molecule has 0 aliphatic rings. The monoisotopic (exact) mass is 596 g/mol. The average Bonchev–Trinajstić information content (AvgIpc) is 2.69. The van der Waals surface area contributed by atoms with E-state index in [9.17, 15) is 30.0 Å². The largest absolute Gasteiger partial charge is 0.457 e. The minimum absolute atomic E-state index is 0.200. The second kappa shape index (κ2) is 15.4. The van der Waals surface area contributed by atoms with Gasteiger partial charge in [0.05, 0.1) is 24.3 Å². The molecule has 0 fully saturated rings. The zero-order valence-electron chi connectivity index (χ0n) is 21.4. The van der Waals surface area contributed by atoms with Crippen molar-refractivity contribution in [3.05, 3.63) is 59.7 Å². The number of sulfonamides is 1. The number of benzene rings is 2. The number of nitrogens with zero attached hydrogens (tertiary/aromatic N) is 2. The summed E-state index contributed by atoms with van der Waals surface area (Å²) >= 11 is 0. The molecule has 2 aromatic carbocycles. The first kappa shape index (κ1) is 34.9. The number of carbonyl (C=O) groups excluding carboxylic acids is 1. The summed E-state index contributed by atoms with van der Waals surface area (Å²) in [5.41, 5.74) is 6.84. The predicted molar refractivity (Wildman–Crippen MR) is 144 cm³/mol. The number of nitrogens with two attached hydrogens (primary N) is 1. The Morgan fingerprint density at radius 3 is 1.84 bits per heavy atom. The quantitative estimate of drug-likeness (QED) is 0.196. The van der Waals surface area contributed by atoms with Gasteiger partial charge < -0.3 is 15.4 Å². The molecule has 0 aromatic heterocycles. The third-order valence-electron chi connectivity index (χ3n) is 3.64. The van der Waals surface area contributed by atoms with Gasteiger partial charge in [0.15, 0.2) is 0 Å². The Labute approximate surface area is 223 Å². The van der Waals surface area contributed by atoms with E-state index in [1.54, 1.807) is 24.3 Å². The molecule has 2 rings (SSSR count). The number of hydrogen-bond acceptors (Lipinski definition) is 9. The fourth-order valence-corrected chi connectivity index (χ4v) is 2.74. The smallest absolute Gasteiger partial charge is 0.261 e. The predicted octanol–water partition coefficient (Wildman–Crippen LogP) is 0.595. The van der Waals surface area contributed by atoms with Crippen molar-refractivity contribution in [3.63, 3.8) is 0 Å². The van der Waals surface area contributed by atoms with Crippen LogP contribution in [0.1, 0.15) is 15.9 Å². The van der Waals surface area contributed by atoms with Crippen LogP contribution in [0.25, 0.3) is 0 Å². The van der Waals surface area contributed by atoms with Crippen LogP contribution in [0, 0.1) is 0 Å². The summed E-state index contributed by atoms with van der Waals surface area (Å²) in [6, 6.07) is 14.2. The van der Waals surface area contributed by atoms with Crippen LogP contribution in [0.2, 0.25) is 0 Å². The highest BCUT2D eigenvalue weighted by Gasteiger charge is 2.14. The summed E-state index contributed by atoms with van der Waals surface area (Å²) in [7, 11) is -7.00. The summed E-state index contributed by atoms with van der Waals surface area (Å²) < 4.78 is 83.0. The first-order valence-corrected chi connectivity index (χ1v) is 15.9. The van der Waals surface area contributed by atoms with Gasteiger partial charge in [0.25, 0.3) is 36.2 Å². The van der Waals surface area contributed by atoms with E-state index in [0.29, 0.717) is 24.0 Å². The van der Waals surface area contributed by atoms with Crippen molar-refractivity contribution in [2.24, 2.45) is 10.1 Å². The number of para-hydroxylation sites is 1. The van der Waals surface area contributed by atoms with Gasteiger partial charge in [-0.15, -0.1) is 4.40 Å². The lowest BCUT2D eigenvalue weighted by Gasteiger charge is -2.12. The molecular weight excluding hydrogens is 564 g/mol. The van der Waals surface area contributed by atoms with Crippen molar-refractivity contribution in [2.45, 2.75) is 6.42 Å². The van der Waals surface area contributed by atoms with Gasteiger partial charge in [0.1, 0.15) is 11.5 Å². The Hall–Kier alpha value is -3.09. The van der Waals surface area contributed by atoms with Crippen molar-refractivity contribution in [1.29, 1.82) is 0 Å². The molecule has 14 nitrogen and oxygen atoms in total. The molecule has 0 bridgehead atoms. The van der Waals surface area contributed by atoms with Gasteiger partial charge in [-0.05, 0) is 50.3 Å². The minimum Gasteiger partial charge on any atom is -0.457 e. The Bertz CT molecular complexity index is 1360. The lowest BCUT2D eigenvalue weighted by molar-refractivity contribution is 0.0974. The van der Waals surface area contributed by atoms with Crippen molar-refractivity contribution in [1.82, 2.24) is 10.2 Å². The summed E-state index contributed by atoms with van der Waals surface area (Å²) in [4.78, 5) is 14.5. The zero-order chi connectivity index (χ0) is 29.7. The van der Waals surface area contributed by atoms with E-state index >= 15 is 0 Å². The van der Waals surface area contributed by atoms with Gasteiger partial charge in [0.2, 0.25) is 5.96 Å². The third-order valence-corrected chi connectivity index (χ3v) is 4.16. The minimum atomic E-state index is -3.71. The highest BCUT2D eigenvalue weighted by atomic mass is 32.2. The van der Waals surface area contributed by atoms with Crippen LogP contribution in [0.4, 0.5) is 0 Å². The van der Waals surface area contributed by atoms with Crippen LogP contribution in [0.5, 0.6) is 11.5 Å². The normalized spacial score (nSPS) is 11.9. The molecular formula is C21H32N4O10S3. The molecule has 0 atom stereocenters. The fraction of sp³-hybridized carbons (Fsp3) is 0.333. The van der Waals surface area contributed by atoms with Crippen molar-refractivity contribution in [3.8, 4) is 11.5 Å². The van der Waals surface area contributed by atoms with E-state index in [-0.39, 0.29) is 5.56 Å². The summed E-state index contributed by atoms with van der Waals surface area (Å²) in [5.74, 6) is -0.240. The lowest BCUT2D eigenvalue weighted by atomic mass is 10.1. The molecule has 0 aliphatic heterocycles. The molecule has 2 aromatic rings. The summed E-state index contributed by atoms with van der Waals surface area (Å²) in [5, 5.41) is 2.24. The molecule has 0 spiro atoms.